The normalized spacial score (nSPS) is 10.1. The first-order valence-corrected chi connectivity index (χ1v) is 7.83. The van der Waals surface area contributed by atoms with Gasteiger partial charge in [0.2, 0.25) is 0 Å². The van der Waals surface area contributed by atoms with Crippen LogP contribution in [0.3, 0.4) is 0 Å². The molecular weight excluding hydrogens is 340 g/mol. The Morgan fingerprint density at radius 3 is 2.42 bits per heavy atom. The van der Waals surface area contributed by atoms with Gasteiger partial charge in [-0.1, -0.05) is 6.92 Å². The molecule has 0 saturated heterocycles. The molecule has 0 radical (unpaired) electrons. The highest BCUT2D eigenvalue weighted by molar-refractivity contribution is 5.96. The second-order valence-electron chi connectivity index (χ2n) is 5.28. The number of nitro groups is 1. The Morgan fingerprint density at radius 2 is 1.85 bits per heavy atom. The predicted molar refractivity (Wildman–Crippen MR) is 94.8 cm³/mol. The molecule has 0 unspecified atom stereocenters. The van der Waals surface area contributed by atoms with Crippen molar-refractivity contribution in [3.8, 4) is 11.5 Å². The van der Waals surface area contributed by atoms with Gasteiger partial charge in [-0.2, -0.15) is 0 Å². The molecule has 0 atom stereocenters. The fraction of sp³-hybridized carbons (Fsp3) is 0.222. The molecule has 2 aromatic rings. The lowest BCUT2D eigenvalue weighted by molar-refractivity contribution is -0.384. The van der Waals surface area contributed by atoms with Crippen LogP contribution in [0.1, 0.15) is 23.7 Å². The van der Waals surface area contributed by atoms with E-state index in [1.54, 1.807) is 31.2 Å². The van der Waals surface area contributed by atoms with Crippen molar-refractivity contribution in [3.63, 3.8) is 0 Å². The number of carbonyl (C=O) groups excluding carboxylic acids is 2. The van der Waals surface area contributed by atoms with E-state index in [0.717, 1.165) is 0 Å². The number of methoxy groups -OCH3 is 1. The van der Waals surface area contributed by atoms with E-state index in [9.17, 15) is 19.7 Å². The van der Waals surface area contributed by atoms with Crippen molar-refractivity contribution in [2.75, 3.05) is 19.0 Å². The van der Waals surface area contributed by atoms with Crippen LogP contribution in [-0.2, 0) is 4.79 Å². The summed E-state index contributed by atoms with van der Waals surface area (Å²) in [4.78, 5) is 33.9. The van der Waals surface area contributed by atoms with Gasteiger partial charge in [-0.05, 0) is 30.3 Å². The van der Waals surface area contributed by atoms with Gasteiger partial charge in [-0.25, -0.2) is 0 Å². The molecule has 8 heteroatoms. The summed E-state index contributed by atoms with van der Waals surface area (Å²) in [6.07, 6.45) is 0.410. The Morgan fingerprint density at radius 1 is 1.15 bits per heavy atom. The van der Waals surface area contributed by atoms with Gasteiger partial charge in [-0.3, -0.25) is 19.7 Å². The molecule has 2 aromatic carbocycles. The SMILES string of the molecule is CCC(=O)c1ccc(OCC(=O)Nc2cc([N+](=O)[O-])ccc2OC)cc1. The number of nitrogens with one attached hydrogen (secondary N) is 1. The lowest BCUT2D eigenvalue weighted by Crippen LogP contribution is -2.20. The molecule has 1 amide bonds. The summed E-state index contributed by atoms with van der Waals surface area (Å²) in [6.45, 7) is 1.48. The molecule has 0 aliphatic rings. The summed E-state index contributed by atoms with van der Waals surface area (Å²) in [5.41, 5.74) is 0.586. The average molecular weight is 358 g/mol. The maximum Gasteiger partial charge on any atom is 0.271 e. The van der Waals surface area contributed by atoms with Gasteiger partial charge in [0.05, 0.1) is 17.7 Å². The van der Waals surface area contributed by atoms with Crippen molar-refractivity contribution in [3.05, 3.63) is 58.1 Å². The van der Waals surface area contributed by atoms with Crippen molar-refractivity contribution < 1.29 is 24.0 Å². The molecule has 0 bridgehead atoms. The summed E-state index contributed by atoms with van der Waals surface area (Å²) < 4.78 is 10.4. The van der Waals surface area contributed by atoms with E-state index >= 15 is 0 Å². The van der Waals surface area contributed by atoms with Gasteiger partial charge < -0.3 is 14.8 Å². The Hall–Kier alpha value is -3.42. The molecule has 0 heterocycles. The molecule has 26 heavy (non-hydrogen) atoms. The number of anilines is 1. The van der Waals surface area contributed by atoms with E-state index in [2.05, 4.69) is 5.32 Å². The largest absolute Gasteiger partial charge is 0.495 e. The third kappa shape index (κ3) is 4.79. The van der Waals surface area contributed by atoms with Crippen LogP contribution in [0.2, 0.25) is 0 Å². The highest BCUT2D eigenvalue weighted by Gasteiger charge is 2.14. The quantitative estimate of drug-likeness (QED) is 0.441. The van der Waals surface area contributed by atoms with Gasteiger partial charge in [0.1, 0.15) is 11.5 Å². The highest BCUT2D eigenvalue weighted by atomic mass is 16.6. The number of hydrogen-bond acceptors (Lipinski definition) is 6. The van der Waals surface area contributed by atoms with Crippen LogP contribution in [0, 0.1) is 10.1 Å². The first-order chi connectivity index (χ1) is 12.4. The minimum absolute atomic E-state index is 0.0204. The Bertz CT molecular complexity index is 817. The number of rotatable bonds is 8. The van der Waals surface area contributed by atoms with Gasteiger partial charge in [0, 0.05) is 24.1 Å². The van der Waals surface area contributed by atoms with Crippen LogP contribution < -0.4 is 14.8 Å². The third-order valence-electron chi connectivity index (χ3n) is 3.54. The van der Waals surface area contributed by atoms with Crippen molar-refractivity contribution in [1.29, 1.82) is 0 Å². The highest BCUT2D eigenvalue weighted by Crippen LogP contribution is 2.28. The molecule has 0 fully saturated rings. The van der Waals surface area contributed by atoms with Crippen LogP contribution >= 0.6 is 0 Å². The van der Waals surface area contributed by atoms with Crippen molar-refractivity contribution in [2.24, 2.45) is 0 Å². The zero-order valence-corrected chi connectivity index (χ0v) is 14.4. The monoisotopic (exact) mass is 358 g/mol. The smallest absolute Gasteiger partial charge is 0.271 e. The van der Waals surface area contributed by atoms with E-state index in [1.807, 2.05) is 0 Å². The Labute approximate surface area is 149 Å². The fourth-order valence-corrected chi connectivity index (χ4v) is 2.18. The van der Waals surface area contributed by atoms with E-state index in [-0.39, 0.29) is 23.8 Å². The van der Waals surface area contributed by atoms with Gasteiger partial charge in [-0.15, -0.1) is 0 Å². The van der Waals surface area contributed by atoms with Crippen LogP contribution in [0.15, 0.2) is 42.5 Å². The van der Waals surface area contributed by atoms with E-state index in [0.29, 0.717) is 23.5 Å². The minimum atomic E-state index is -0.565. The Kier molecular flexibility index (Phi) is 6.26. The van der Waals surface area contributed by atoms with Crippen LogP contribution in [0.25, 0.3) is 0 Å². The minimum Gasteiger partial charge on any atom is -0.495 e. The molecule has 136 valence electrons. The molecule has 0 aromatic heterocycles. The zero-order valence-electron chi connectivity index (χ0n) is 14.4. The number of non-ortho nitro benzene ring substituents is 1. The molecular formula is C18H18N2O6. The van der Waals surface area contributed by atoms with Gasteiger partial charge >= 0.3 is 0 Å². The maximum atomic E-state index is 12.0. The Balaban J connectivity index is 1.99. The number of ether oxygens (including phenoxy) is 2. The molecule has 0 saturated carbocycles. The number of benzene rings is 2. The van der Waals surface area contributed by atoms with Crippen molar-refractivity contribution in [2.45, 2.75) is 13.3 Å². The third-order valence-corrected chi connectivity index (χ3v) is 3.54. The molecule has 0 aliphatic heterocycles. The molecule has 1 N–H and O–H groups in total. The summed E-state index contributed by atoms with van der Waals surface area (Å²) >= 11 is 0. The van der Waals surface area contributed by atoms with Crippen LogP contribution in [0.4, 0.5) is 11.4 Å². The van der Waals surface area contributed by atoms with Crippen molar-refractivity contribution >= 4 is 23.1 Å². The average Bonchev–Trinajstić information content (AvgIpc) is 2.66. The lowest BCUT2D eigenvalue weighted by atomic mass is 10.1. The predicted octanol–water partition coefficient (Wildman–Crippen LogP) is 3.21. The number of Topliss-reactive ketones (excluding diaryl/α,β-unsaturated/α-hetero) is 1. The number of ketones is 1. The molecule has 8 nitrogen and oxygen atoms in total. The molecule has 2 rings (SSSR count). The second kappa shape index (κ2) is 8.61. The van der Waals surface area contributed by atoms with Crippen LogP contribution in [0.5, 0.6) is 11.5 Å². The summed E-state index contributed by atoms with van der Waals surface area (Å²) in [5, 5.41) is 13.4. The maximum absolute atomic E-state index is 12.0. The lowest BCUT2D eigenvalue weighted by Gasteiger charge is -2.11. The first-order valence-electron chi connectivity index (χ1n) is 7.83. The van der Waals surface area contributed by atoms with Crippen LogP contribution in [-0.4, -0.2) is 30.3 Å². The number of amides is 1. The summed E-state index contributed by atoms with van der Waals surface area (Å²) in [7, 11) is 1.40. The van der Waals surface area contributed by atoms with Gasteiger partial charge in [0.25, 0.3) is 11.6 Å². The fourth-order valence-electron chi connectivity index (χ4n) is 2.18. The summed E-state index contributed by atoms with van der Waals surface area (Å²) in [6, 6.07) is 10.4. The number of hydrogen-bond donors (Lipinski definition) is 1. The zero-order chi connectivity index (χ0) is 19.1. The molecule has 0 aliphatic carbocycles. The van der Waals surface area contributed by atoms with E-state index < -0.39 is 10.8 Å². The first kappa shape index (κ1) is 18.9. The summed E-state index contributed by atoms with van der Waals surface area (Å²) in [5.74, 6) is 0.245. The van der Waals surface area contributed by atoms with Gasteiger partial charge in [0.15, 0.2) is 12.4 Å². The van der Waals surface area contributed by atoms with E-state index in [1.165, 1.54) is 25.3 Å². The topological polar surface area (TPSA) is 108 Å². The standard InChI is InChI=1S/C18H18N2O6/c1-3-16(21)12-4-7-14(8-5-12)26-11-18(22)19-15-10-13(20(23)24)6-9-17(15)25-2/h4-10H,3,11H2,1-2H3,(H,19,22). The van der Waals surface area contributed by atoms with Crippen molar-refractivity contribution in [1.82, 2.24) is 0 Å². The number of carbonyl (C=O) groups is 2. The second-order valence-corrected chi connectivity index (χ2v) is 5.28. The van der Waals surface area contributed by atoms with E-state index in [4.69, 9.17) is 9.47 Å². The number of nitro benzene ring substituents is 1. The molecule has 0 spiro atoms. The number of nitrogens with zero attached hydrogens (tertiary/aromatic N) is 1.